The van der Waals surface area contributed by atoms with Crippen LogP contribution in [0.1, 0.15) is 252 Å². The summed E-state index contributed by atoms with van der Waals surface area (Å²) in [7, 11) is 1.44. The van der Waals surface area contributed by atoms with Crippen LogP contribution in [-0.4, -0.2) is 74.3 Å². The van der Waals surface area contributed by atoms with E-state index >= 15 is 0 Å². The van der Waals surface area contributed by atoms with E-state index in [9.17, 15) is 19.0 Å². The van der Waals surface area contributed by atoms with Crippen molar-refractivity contribution in [1.29, 1.82) is 0 Å². The first-order valence-electron chi connectivity index (χ1n) is 32.5. The fourth-order valence-electron chi connectivity index (χ4n) is 8.57. The molecule has 0 aromatic heterocycles. The molecular formula is C71H122N2O7P+. The molecule has 2 N–H and O–H groups in total. The van der Waals surface area contributed by atoms with Crippen molar-refractivity contribution in [2.75, 3.05) is 40.9 Å². The first kappa shape index (κ1) is 77.2. The van der Waals surface area contributed by atoms with E-state index < -0.39 is 20.0 Å². The zero-order valence-corrected chi connectivity index (χ0v) is 53.6. The van der Waals surface area contributed by atoms with Crippen LogP contribution in [0.5, 0.6) is 0 Å². The molecule has 0 fully saturated rings. The van der Waals surface area contributed by atoms with E-state index in [1.165, 1.54) is 83.5 Å². The Balaban J connectivity index is 5.37. The molecule has 0 aromatic rings. The lowest BCUT2D eigenvalue weighted by Crippen LogP contribution is -2.47. The van der Waals surface area contributed by atoms with Gasteiger partial charge < -0.3 is 19.4 Å². The number of ether oxygens (including phenoxy) is 1. The smallest absolute Gasteiger partial charge is 0.456 e. The highest BCUT2D eigenvalue weighted by Gasteiger charge is 2.30. The van der Waals surface area contributed by atoms with Crippen LogP contribution in [0.3, 0.4) is 0 Å². The summed E-state index contributed by atoms with van der Waals surface area (Å²) < 4.78 is 30.7. The predicted molar refractivity (Wildman–Crippen MR) is 350 cm³/mol. The Morgan fingerprint density at radius 3 is 1.22 bits per heavy atom. The minimum Gasteiger partial charge on any atom is -0.456 e. The number of nitrogens with zero attached hydrogens (tertiary/aromatic N) is 1. The third-order valence-corrected chi connectivity index (χ3v) is 14.6. The van der Waals surface area contributed by atoms with Crippen LogP contribution in [0.2, 0.25) is 0 Å². The molecule has 0 aliphatic rings. The number of likely N-dealkylation sites (N-methyl/N-ethyl adjacent to an activating group) is 1. The maximum atomic E-state index is 13.6. The van der Waals surface area contributed by atoms with E-state index in [4.69, 9.17) is 13.8 Å². The number of phosphoric acid groups is 1. The Hall–Kier alpha value is -3.85. The van der Waals surface area contributed by atoms with Crippen molar-refractivity contribution in [3.63, 3.8) is 0 Å². The zero-order chi connectivity index (χ0) is 59.3. The van der Waals surface area contributed by atoms with Crippen LogP contribution in [0.4, 0.5) is 0 Å². The van der Waals surface area contributed by atoms with Crippen LogP contribution in [0.25, 0.3) is 0 Å². The van der Waals surface area contributed by atoms with Gasteiger partial charge in [-0.25, -0.2) is 4.57 Å². The monoisotopic (exact) mass is 1150 g/mol. The molecule has 81 heavy (non-hydrogen) atoms. The first-order valence-corrected chi connectivity index (χ1v) is 34.0. The van der Waals surface area contributed by atoms with Crippen LogP contribution in [-0.2, 0) is 27.9 Å². The predicted octanol–water partition coefficient (Wildman–Crippen LogP) is 20.4. The molecule has 0 heterocycles. The molecule has 0 saturated heterocycles. The summed E-state index contributed by atoms with van der Waals surface area (Å²) in [5.41, 5.74) is 0. The lowest BCUT2D eigenvalue weighted by molar-refractivity contribution is -0.870. The van der Waals surface area contributed by atoms with E-state index in [2.05, 4.69) is 148 Å². The van der Waals surface area contributed by atoms with Gasteiger partial charge >= 0.3 is 13.8 Å². The topological polar surface area (TPSA) is 111 Å². The van der Waals surface area contributed by atoms with Gasteiger partial charge in [0.2, 0.25) is 5.91 Å². The molecule has 10 heteroatoms. The number of amides is 1. The minimum absolute atomic E-state index is 0.0219. The largest absolute Gasteiger partial charge is 0.472 e. The molecule has 3 atom stereocenters. The fourth-order valence-corrected chi connectivity index (χ4v) is 9.31. The number of rotatable bonds is 57. The van der Waals surface area contributed by atoms with Gasteiger partial charge in [-0.2, -0.15) is 0 Å². The van der Waals surface area contributed by atoms with E-state index in [1.54, 1.807) is 0 Å². The van der Waals surface area contributed by atoms with Crippen molar-refractivity contribution in [2.45, 2.75) is 264 Å². The number of quaternary nitrogens is 1. The third-order valence-electron chi connectivity index (χ3n) is 13.6. The Bertz CT molecular complexity index is 1850. The third kappa shape index (κ3) is 60.6. The highest BCUT2D eigenvalue weighted by Crippen LogP contribution is 2.43. The standard InChI is InChI=1S/C71H121N2O7P/c1-7-10-13-16-19-22-25-28-30-32-34-35-36-37-39-41-43-46-49-52-55-58-61-64-71(75)80-69(62-59-56-53-50-47-44-27-24-21-18-15-12-9-3)68(67-79-81(76,77)78-66-65-73(4,5)6)72-70(74)63-60-57-54-51-48-45-42-40-38-33-31-29-26-23-20-17-14-11-8-2/h10,13,19-20,22-23,28-31,34-35,37-40,43,45-46,48,59,62,68-69H,7-9,11-12,14-18,21,24-27,32-33,36,41-42,44,47,49-58,60-61,63-67H2,1-6H3,(H-,72,74,76,77)/p+1/b13-10-,22-19-,23-20-,30-28-,31-29-,35-34-,39-37-,40-38-,46-43-,48-45-,62-59+. The summed E-state index contributed by atoms with van der Waals surface area (Å²) in [6.45, 7) is 6.82. The number of esters is 1. The second-order valence-electron chi connectivity index (χ2n) is 22.5. The van der Waals surface area contributed by atoms with Gasteiger partial charge in [0.25, 0.3) is 0 Å². The van der Waals surface area contributed by atoms with Gasteiger partial charge in [0.05, 0.1) is 33.8 Å². The fraction of sp³-hybridized carbons (Fsp3) is 0.662. The SMILES string of the molecule is CC/C=C\C/C=C\C/C=C\C/C=C\C/C=C\C/C=C\CCCCCCC(=O)OC(/C=C/CCCCCCCCCCCCC)C(COP(=O)(O)OCC[N+](C)(C)C)NC(=O)CCCCC/C=C\C/C=C\C/C=C\C/C=C\CCCCC. The summed E-state index contributed by atoms with van der Waals surface area (Å²) in [6.07, 6.45) is 84.5. The molecule has 0 aromatic carbocycles. The van der Waals surface area contributed by atoms with Crippen molar-refractivity contribution < 1.29 is 37.3 Å². The molecule has 0 rings (SSSR count). The Labute approximate surface area is 498 Å². The first-order chi connectivity index (χ1) is 39.4. The number of unbranched alkanes of at least 4 members (excludes halogenated alkanes) is 21. The van der Waals surface area contributed by atoms with E-state index in [-0.39, 0.29) is 37.9 Å². The number of hydrogen-bond acceptors (Lipinski definition) is 6. The van der Waals surface area contributed by atoms with Gasteiger partial charge in [-0.05, 0) is 128 Å². The molecular weight excluding hydrogens is 1020 g/mol. The Morgan fingerprint density at radius 1 is 0.444 bits per heavy atom. The molecule has 0 saturated carbocycles. The number of hydrogen-bond donors (Lipinski definition) is 2. The van der Waals surface area contributed by atoms with E-state index in [0.29, 0.717) is 23.9 Å². The maximum Gasteiger partial charge on any atom is 0.472 e. The number of nitrogens with one attached hydrogen (secondary N) is 1. The molecule has 0 spiro atoms. The Morgan fingerprint density at radius 2 is 0.790 bits per heavy atom. The normalized spacial score (nSPS) is 14.5. The van der Waals surface area contributed by atoms with Crippen LogP contribution < -0.4 is 5.32 Å². The average Bonchev–Trinajstić information content (AvgIpc) is 3.44. The lowest BCUT2D eigenvalue weighted by atomic mass is 10.0. The highest BCUT2D eigenvalue weighted by molar-refractivity contribution is 7.47. The summed E-state index contributed by atoms with van der Waals surface area (Å²) >= 11 is 0. The maximum absolute atomic E-state index is 13.6. The summed E-state index contributed by atoms with van der Waals surface area (Å²) in [6, 6.07) is -0.887. The zero-order valence-electron chi connectivity index (χ0n) is 52.7. The van der Waals surface area contributed by atoms with E-state index in [0.717, 1.165) is 122 Å². The van der Waals surface area contributed by atoms with Gasteiger partial charge in [0.15, 0.2) is 0 Å². The summed E-state index contributed by atoms with van der Waals surface area (Å²) in [4.78, 5) is 37.8. The number of carbonyl (C=O) groups excluding carboxylic acids is 2. The molecule has 9 nitrogen and oxygen atoms in total. The van der Waals surface area contributed by atoms with Crippen molar-refractivity contribution in [1.82, 2.24) is 5.32 Å². The molecule has 0 radical (unpaired) electrons. The molecule has 3 unspecified atom stereocenters. The lowest BCUT2D eigenvalue weighted by Gasteiger charge is -2.27. The summed E-state index contributed by atoms with van der Waals surface area (Å²) in [5.74, 6) is -0.578. The van der Waals surface area contributed by atoms with Gasteiger partial charge in [-0.1, -0.05) is 245 Å². The van der Waals surface area contributed by atoms with Crippen LogP contribution in [0.15, 0.2) is 134 Å². The number of carbonyl (C=O) groups is 2. The molecule has 0 bridgehead atoms. The quantitative estimate of drug-likeness (QED) is 0.0205. The molecule has 1 amide bonds. The van der Waals surface area contributed by atoms with Crippen LogP contribution >= 0.6 is 7.82 Å². The Kier molecular flexibility index (Phi) is 56.5. The summed E-state index contributed by atoms with van der Waals surface area (Å²) in [5, 5.41) is 3.03. The average molecular weight is 1150 g/mol. The number of phosphoric ester groups is 1. The second-order valence-corrected chi connectivity index (χ2v) is 24.0. The number of allylic oxidation sites excluding steroid dienone is 21. The van der Waals surface area contributed by atoms with Crippen molar-refractivity contribution in [3.05, 3.63) is 134 Å². The molecule has 462 valence electrons. The van der Waals surface area contributed by atoms with Gasteiger partial charge in [0, 0.05) is 12.8 Å². The highest BCUT2D eigenvalue weighted by atomic mass is 31.2. The molecule has 0 aliphatic carbocycles. The van der Waals surface area contributed by atoms with Crippen LogP contribution in [0, 0.1) is 0 Å². The second kappa shape index (κ2) is 59.3. The molecule has 0 aliphatic heterocycles. The van der Waals surface area contributed by atoms with Crippen molar-refractivity contribution in [3.8, 4) is 0 Å². The van der Waals surface area contributed by atoms with E-state index in [1.807, 2.05) is 33.3 Å². The minimum atomic E-state index is -4.48. The van der Waals surface area contributed by atoms with Gasteiger partial charge in [-0.3, -0.25) is 18.6 Å². The van der Waals surface area contributed by atoms with Gasteiger partial charge in [0.1, 0.15) is 19.3 Å². The van der Waals surface area contributed by atoms with Gasteiger partial charge in [-0.15, -0.1) is 0 Å². The van der Waals surface area contributed by atoms with Crippen molar-refractivity contribution >= 4 is 19.7 Å². The van der Waals surface area contributed by atoms with Crippen molar-refractivity contribution in [2.24, 2.45) is 0 Å².